The van der Waals surface area contributed by atoms with Crippen molar-refractivity contribution in [2.24, 2.45) is 0 Å². The van der Waals surface area contributed by atoms with Gasteiger partial charge in [0, 0.05) is 4.90 Å². The first-order valence-electron chi connectivity index (χ1n) is 8.42. The predicted octanol–water partition coefficient (Wildman–Crippen LogP) is 4.76. The van der Waals surface area contributed by atoms with Crippen LogP contribution in [0.3, 0.4) is 0 Å². The fourth-order valence-corrected chi connectivity index (χ4v) is 3.16. The van der Waals surface area contributed by atoms with E-state index in [2.05, 4.69) is 53.6 Å². The first-order chi connectivity index (χ1) is 12.6. The van der Waals surface area contributed by atoms with E-state index in [9.17, 15) is 4.79 Å². The van der Waals surface area contributed by atoms with Gasteiger partial charge in [-0.3, -0.25) is 10.1 Å². The summed E-state index contributed by atoms with van der Waals surface area (Å²) in [6.45, 7) is 4.33. The number of rotatable bonds is 6. The van der Waals surface area contributed by atoms with Gasteiger partial charge in [0.15, 0.2) is 0 Å². The second-order valence-corrected chi connectivity index (χ2v) is 7.08. The molecule has 1 amide bonds. The Morgan fingerprint density at radius 1 is 1.12 bits per heavy atom. The average molecular weight is 367 g/mol. The molecule has 5 nitrogen and oxygen atoms in total. The summed E-state index contributed by atoms with van der Waals surface area (Å²) >= 11 is 1.52. The van der Waals surface area contributed by atoms with E-state index in [0.29, 0.717) is 23.8 Å². The molecule has 0 fully saturated rings. The molecule has 0 atom stereocenters. The lowest BCUT2D eigenvalue weighted by atomic mass is 10.0. The highest BCUT2D eigenvalue weighted by atomic mass is 32.2. The number of hydrogen-bond acceptors (Lipinski definition) is 5. The van der Waals surface area contributed by atoms with Crippen LogP contribution in [-0.2, 0) is 6.42 Å². The lowest BCUT2D eigenvalue weighted by Crippen LogP contribution is -2.13. The molecule has 0 bridgehead atoms. The van der Waals surface area contributed by atoms with Crippen LogP contribution in [0.15, 0.2) is 57.8 Å². The number of amides is 1. The minimum Gasteiger partial charge on any atom is -0.407 e. The molecule has 1 N–H and O–H groups in total. The molecule has 0 aliphatic carbocycles. The smallest absolute Gasteiger partial charge is 0.322 e. The van der Waals surface area contributed by atoms with E-state index in [1.54, 1.807) is 6.07 Å². The SMILES string of the molecule is CSc1ccccc1C(=O)Nc1nnc(Cc2ccc(C(C)C)cc2)o1. The fraction of sp³-hybridized carbons (Fsp3) is 0.250. The molecular formula is C20H21N3O2S. The number of thioether (sulfide) groups is 1. The molecule has 3 aromatic rings. The summed E-state index contributed by atoms with van der Waals surface area (Å²) < 4.78 is 5.57. The molecule has 0 aliphatic heterocycles. The van der Waals surface area contributed by atoms with E-state index in [4.69, 9.17) is 4.42 Å². The molecule has 0 saturated carbocycles. The molecular weight excluding hydrogens is 346 g/mol. The van der Waals surface area contributed by atoms with Gasteiger partial charge in [-0.25, -0.2) is 0 Å². The molecule has 1 heterocycles. The van der Waals surface area contributed by atoms with E-state index in [1.165, 1.54) is 17.3 Å². The highest BCUT2D eigenvalue weighted by Gasteiger charge is 2.14. The maximum absolute atomic E-state index is 12.4. The average Bonchev–Trinajstić information content (AvgIpc) is 3.08. The number of nitrogens with zero attached hydrogens (tertiary/aromatic N) is 2. The molecule has 6 heteroatoms. The van der Waals surface area contributed by atoms with Gasteiger partial charge in [-0.15, -0.1) is 16.9 Å². The van der Waals surface area contributed by atoms with Crippen molar-refractivity contribution in [1.82, 2.24) is 10.2 Å². The lowest BCUT2D eigenvalue weighted by Gasteiger charge is -2.06. The van der Waals surface area contributed by atoms with Crippen LogP contribution >= 0.6 is 11.8 Å². The van der Waals surface area contributed by atoms with Crippen molar-refractivity contribution in [3.63, 3.8) is 0 Å². The third kappa shape index (κ3) is 4.32. The van der Waals surface area contributed by atoms with Crippen molar-refractivity contribution in [2.75, 3.05) is 11.6 Å². The maximum atomic E-state index is 12.4. The Labute approximate surface area is 157 Å². The minimum absolute atomic E-state index is 0.111. The van der Waals surface area contributed by atoms with Crippen LogP contribution in [0.25, 0.3) is 0 Å². The standard InChI is InChI=1S/C20H21N3O2S/c1-13(2)15-10-8-14(9-11-15)12-18-22-23-20(25-18)21-19(24)16-6-4-5-7-17(16)26-3/h4-11,13H,12H2,1-3H3,(H,21,23,24). The number of anilines is 1. The van der Waals surface area contributed by atoms with Gasteiger partial charge in [0.1, 0.15) is 0 Å². The summed E-state index contributed by atoms with van der Waals surface area (Å²) in [6.07, 6.45) is 2.46. The fourth-order valence-electron chi connectivity index (χ4n) is 2.57. The van der Waals surface area contributed by atoms with Gasteiger partial charge in [0.05, 0.1) is 12.0 Å². The molecule has 1 aromatic heterocycles. The molecule has 0 aliphatic rings. The zero-order valence-corrected chi connectivity index (χ0v) is 15.8. The van der Waals surface area contributed by atoms with Crippen LogP contribution in [0.4, 0.5) is 6.01 Å². The zero-order chi connectivity index (χ0) is 18.5. The van der Waals surface area contributed by atoms with Crippen LogP contribution < -0.4 is 5.32 Å². The summed E-state index contributed by atoms with van der Waals surface area (Å²) in [5.41, 5.74) is 2.97. The second kappa shape index (κ2) is 8.19. The summed E-state index contributed by atoms with van der Waals surface area (Å²) in [4.78, 5) is 13.3. The van der Waals surface area contributed by atoms with E-state index >= 15 is 0 Å². The van der Waals surface area contributed by atoms with Crippen LogP contribution in [0, 0.1) is 0 Å². The van der Waals surface area contributed by atoms with Gasteiger partial charge in [-0.2, -0.15) is 0 Å². The van der Waals surface area contributed by atoms with Gasteiger partial charge in [-0.05, 0) is 35.4 Å². The highest BCUT2D eigenvalue weighted by Crippen LogP contribution is 2.21. The number of aromatic nitrogens is 2. The van der Waals surface area contributed by atoms with Crippen LogP contribution in [0.2, 0.25) is 0 Å². The van der Waals surface area contributed by atoms with Crippen LogP contribution in [0.5, 0.6) is 0 Å². The Hall–Kier alpha value is -2.60. The Bertz CT molecular complexity index is 888. The first-order valence-corrected chi connectivity index (χ1v) is 9.65. The lowest BCUT2D eigenvalue weighted by molar-refractivity contribution is 0.102. The van der Waals surface area contributed by atoms with Gasteiger partial charge in [0.2, 0.25) is 5.89 Å². The topological polar surface area (TPSA) is 68.0 Å². The number of hydrogen-bond donors (Lipinski definition) is 1. The van der Waals surface area contributed by atoms with E-state index in [-0.39, 0.29) is 11.9 Å². The molecule has 0 spiro atoms. The van der Waals surface area contributed by atoms with Crippen molar-refractivity contribution in [3.05, 3.63) is 71.1 Å². The van der Waals surface area contributed by atoms with E-state index in [1.807, 2.05) is 24.5 Å². The Balaban J connectivity index is 1.67. The Morgan fingerprint density at radius 2 is 1.85 bits per heavy atom. The second-order valence-electron chi connectivity index (χ2n) is 6.23. The van der Waals surface area contributed by atoms with E-state index in [0.717, 1.165) is 10.5 Å². The van der Waals surface area contributed by atoms with Crippen molar-refractivity contribution in [3.8, 4) is 0 Å². The van der Waals surface area contributed by atoms with Gasteiger partial charge in [0.25, 0.3) is 5.91 Å². The summed E-state index contributed by atoms with van der Waals surface area (Å²) in [7, 11) is 0. The zero-order valence-electron chi connectivity index (χ0n) is 15.0. The quantitative estimate of drug-likeness (QED) is 0.636. The summed E-state index contributed by atoms with van der Waals surface area (Å²) in [5, 5.41) is 10.6. The maximum Gasteiger partial charge on any atom is 0.322 e. The first kappa shape index (κ1) is 18.2. The molecule has 0 unspecified atom stereocenters. The van der Waals surface area contributed by atoms with Gasteiger partial charge >= 0.3 is 6.01 Å². The molecule has 2 aromatic carbocycles. The molecule has 0 saturated heterocycles. The summed E-state index contributed by atoms with van der Waals surface area (Å²) in [5.74, 6) is 0.709. The Morgan fingerprint density at radius 3 is 2.54 bits per heavy atom. The van der Waals surface area contributed by atoms with E-state index < -0.39 is 0 Å². The largest absolute Gasteiger partial charge is 0.407 e. The number of carbonyl (C=O) groups excluding carboxylic acids is 1. The van der Waals surface area contributed by atoms with Gasteiger partial charge < -0.3 is 4.42 Å². The third-order valence-corrected chi connectivity index (χ3v) is 4.84. The van der Waals surface area contributed by atoms with Crippen molar-refractivity contribution < 1.29 is 9.21 Å². The molecule has 26 heavy (non-hydrogen) atoms. The molecule has 3 rings (SSSR count). The Kier molecular flexibility index (Phi) is 5.73. The van der Waals surface area contributed by atoms with Crippen molar-refractivity contribution in [1.29, 1.82) is 0 Å². The minimum atomic E-state index is -0.258. The number of nitrogens with one attached hydrogen (secondary N) is 1. The molecule has 134 valence electrons. The van der Waals surface area contributed by atoms with Crippen molar-refractivity contribution >= 4 is 23.7 Å². The number of carbonyl (C=O) groups is 1. The van der Waals surface area contributed by atoms with Crippen LogP contribution in [-0.4, -0.2) is 22.4 Å². The predicted molar refractivity (Wildman–Crippen MR) is 104 cm³/mol. The van der Waals surface area contributed by atoms with Crippen LogP contribution in [0.1, 0.15) is 47.1 Å². The number of benzene rings is 2. The third-order valence-electron chi connectivity index (χ3n) is 4.04. The van der Waals surface area contributed by atoms with Gasteiger partial charge in [-0.1, -0.05) is 55.3 Å². The summed E-state index contributed by atoms with van der Waals surface area (Å²) in [6, 6.07) is 15.9. The highest BCUT2D eigenvalue weighted by molar-refractivity contribution is 7.98. The normalized spacial score (nSPS) is 10.9. The molecule has 0 radical (unpaired) electrons. The van der Waals surface area contributed by atoms with Crippen molar-refractivity contribution in [2.45, 2.75) is 31.1 Å². The monoisotopic (exact) mass is 367 g/mol.